The molecule has 1 aliphatic heterocycles. The lowest BCUT2D eigenvalue weighted by Gasteiger charge is -2.32. The van der Waals surface area contributed by atoms with Crippen molar-refractivity contribution < 1.29 is 18.7 Å². The highest BCUT2D eigenvalue weighted by Gasteiger charge is 2.29. The molecule has 0 unspecified atom stereocenters. The maximum Gasteiger partial charge on any atom is 0.230 e. The minimum absolute atomic E-state index is 0.0680. The van der Waals surface area contributed by atoms with E-state index in [9.17, 15) is 9.18 Å². The molecular formula is C20H22FNO3S. The first-order chi connectivity index (χ1) is 12.6. The largest absolute Gasteiger partial charge is 0.488 e. The fourth-order valence-corrected chi connectivity index (χ4v) is 3.66. The molecule has 2 aromatic carbocycles. The average Bonchev–Trinajstić information content (AvgIpc) is 2.63. The molecule has 6 heteroatoms. The van der Waals surface area contributed by atoms with Gasteiger partial charge in [0.25, 0.3) is 0 Å². The smallest absolute Gasteiger partial charge is 0.230 e. The third-order valence-electron chi connectivity index (χ3n) is 4.18. The molecule has 2 atom stereocenters. The maximum atomic E-state index is 13.3. The van der Waals surface area contributed by atoms with Crippen LogP contribution < -0.4 is 10.1 Å². The number of amides is 1. The number of nitrogens with one attached hydrogen (secondary N) is 1. The van der Waals surface area contributed by atoms with Crippen molar-refractivity contribution in [1.82, 2.24) is 5.32 Å². The first kappa shape index (κ1) is 18.7. The number of ether oxygens (including phenoxy) is 2. The Kier molecular flexibility index (Phi) is 6.52. The van der Waals surface area contributed by atoms with Crippen LogP contribution in [0.1, 0.15) is 12.0 Å². The third kappa shape index (κ3) is 5.22. The molecule has 138 valence electrons. The quantitative estimate of drug-likeness (QED) is 0.784. The molecule has 4 nitrogen and oxygen atoms in total. The van der Waals surface area contributed by atoms with E-state index in [1.807, 2.05) is 31.2 Å². The van der Waals surface area contributed by atoms with Crippen molar-refractivity contribution >= 4 is 17.7 Å². The van der Waals surface area contributed by atoms with Crippen LogP contribution in [0.5, 0.6) is 5.75 Å². The van der Waals surface area contributed by atoms with Crippen LogP contribution in [0, 0.1) is 12.7 Å². The van der Waals surface area contributed by atoms with Crippen LogP contribution in [-0.2, 0) is 9.53 Å². The van der Waals surface area contributed by atoms with Gasteiger partial charge in [0.05, 0.1) is 25.0 Å². The van der Waals surface area contributed by atoms with Crippen molar-refractivity contribution in [2.24, 2.45) is 0 Å². The number of rotatable bonds is 6. The fraction of sp³-hybridized carbons (Fsp3) is 0.350. The molecular weight excluding hydrogens is 353 g/mol. The van der Waals surface area contributed by atoms with E-state index >= 15 is 0 Å². The zero-order valence-corrected chi connectivity index (χ0v) is 15.4. The molecule has 0 spiro atoms. The Balaban J connectivity index is 1.55. The Morgan fingerprint density at radius 3 is 2.96 bits per heavy atom. The summed E-state index contributed by atoms with van der Waals surface area (Å²) in [5.74, 6) is 0.380. The normalized spacial score (nSPS) is 19.8. The van der Waals surface area contributed by atoms with E-state index < -0.39 is 0 Å². The van der Waals surface area contributed by atoms with Crippen molar-refractivity contribution in [1.29, 1.82) is 0 Å². The van der Waals surface area contributed by atoms with E-state index in [-0.39, 0.29) is 23.9 Å². The number of halogens is 1. The van der Waals surface area contributed by atoms with Crippen LogP contribution in [0.2, 0.25) is 0 Å². The topological polar surface area (TPSA) is 47.6 Å². The standard InChI is InChI=1S/C20H22FNO3S/c1-14-5-2-3-8-19(14)26-13-20(23)22-17-12-24-10-9-18(17)25-16-7-4-6-15(21)11-16/h2-8,11,17-18H,9-10,12-13H2,1H3,(H,22,23)/t17-,18+/m1/s1. The van der Waals surface area contributed by atoms with Crippen LogP contribution in [0.4, 0.5) is 4.39 Å². The van der Waals surface area contributed by atoms with Crippen molar-refractivity contribution in [3.63, 3.8) is 0 Å². The Bertz CT molecular complexity index is 755. The van der Waals surface area contributed by atoms with Crippen LogP contribution in [0.25, 0.3) is 0 Å². The summed E-state index contributed by atoms with van der Waals surface area (Å²) in [5, 5.41) is 2.99. The second-order valence-electron chi connectivity index (χ2n) is 6.21. The van der Waals surface area contributed by atoms with Crippen molar-refractivity contribution in [3.8, 4) is 5.75 Å². The van der Waals surface area contributed by atoms with Crippen LogP contribution in [0.15, 0.2) is 53.4 Å². The van der Waals surface area contributed by atoms with E-state index in [0.717, 1.165) is 10.5 Å². The second-order valence-corrected chi connectivity index (χ2v) is 7.22. The number of aryl methyl sites for hydroxylation is 1. The molecule has 1 aliphatic rings. The summed E-state index contributed by atoms with van der Waals surface area (Å²) in [5.41, 5.74) is 1.15. The number of carbonyl (C=O) groups excluding carboxylic acids is 1. The zero-order valence-electron chi connectivity index (χ0n) is 14.6. The molecule has 26 heavy (non-hydrogen) atoms. The van der Waals surface area contributed by atoms with Gasteiger partial charge in [-0.25, -0.2) is 4.39 Å². The first-order valence-corrected chi connectivity index (χ1v) is 9.58. The number of thioether (sulfide) groups is 1. The van der Waals surface area contributed by atoms with Crippen molar-refractivity contribution in [2.45, 2.75) is 30.4 Å². The molecule has 1 heterocycles. The van der Waals surface area contributed by atoms with Crippen LogP contribution in [-0.4, -0.2) is 37.0 Å². The minimum atomic E-state index is -0.343. The molecule has 0 bridgehead atoms. The molecule has 0 radical (unpaired) electrons. The average molecular weight is 375 g/mol. The molecule has 0 aliphatic carbocycles. The highest BCUT2D eigenvalue weighted by Crippen LogP contribution is 2.22. The number of hydrogen-bond acceptors (Lipinski definition) is 4. The summed E-state index contributed by atoms with van der Waals surface area (Å²) in [6.07, 6.45) is 0.407. The maximum absolute atomic E-state index is 13.3. The van der Waals surface area contributed by atoms with Gasteiger partial charge in [-0.2, -0.15) is 0 Å². The Morgan fingerprint density at radius 1 is 1.31 bits per heavy atom. The van der Waals surface area contributed by atoms with Crippen LogP contribution >= 0.6 is 11.8 Å². The van der Waals surface area contributed by atoms with Gasteiger partial charge in [0.2, 0.25) is 5.91 Å². The summed E-state index contributed by atoms with van der Waals surface area (Å²) >= 11 is 1.51. The highest BCUT2D eigenvalue weighted by molar-refractivity contribution is 8.00. The highest BCUT2D eigenvalue weighted by atomic mass is 32.2. The van der Waals surface area contributed by atoms with Gasteiger partial charge in [-0.15, -0.1) is 11.8 Å². The minimum Gasteiger partial charge on any atom is -0.488 e. The predicted octanol–water partition coefficient (Wildman–Crippen LogP) is 3.58. The first-order valence-electron chi connectivity index (χ1n) is 8.59. The van der Waals surface area contributed by atoms with Gasteiger partial charge in [-0.3, -0.25) is 4.79 Å². The number of carbonyl (C=O) groups is 1. The molecule has 1 saturated heterocycles. The molecule has 3 rings (SSSR count). The number of hydrogen-bond donors (Lipinski definition) is 1. The monoisotopic (exact) mass is 375 g/mol. The van der Waals surface area contributed by atoms with E-state index in [0.29, 0.717) is 31.1 Å². The lowest BCUT2D eigenvalue weighted by Crippen LogP contribution is -2.52. The van der Waals surface area contributed by atoms with Crippen molar-refractivity contribution in [2.75, 3.05) is 19.0 Å². The summed E-state index contributed by atoms with van der Waals surface area (Å²) in [6.45, 7) is 2.98. The summed E-state index contributed by atoms with van der Waals surface area (Å²) in [6, 6.07) is 13.8. The van der Waals surface area contributed by atoms with Gasteiger partial charge in [0.1, 0.15) is 17.7 Å². The lowest BCUT2D eigenvalue weighted by molar-refractivity contribution is -0.121. The SMILES string of the molecule is Cc1ccccc1SCC(=O)N[C@@H]1COCC[C@@H]1Oc1cccc(F)c1. The Morgan fingerprint density at radius 2 is 2.15 bits per heavy atom. The van der Waals surface area contributed by atoms with Gasteiger partial charge >= 0.3 is 0 Å². The van der Waals surface area contributed by atoms with Crippen LogP contribution in [0.3, 0.4) is 0 Å². The Hall–Kier alpha value is -2.05. The van der Waals surface area contributed by atoms with Gasteiger partial charge in [-0.05, 0) is 30.7 Å². The van der Waals surface area contributed by atoms with E-state index in [2.05, 4.69) is 5.32 Å². The summed E-state index contributed by atoms with van der Waals surface area (Å²) in [4.78, 5) is 13.4. The molecule has 0 saturated carbocycles. The van der Waals surface area contributed by atoms with Gasteiger partial charge in [-0.1, -0.05) is 24.3 Å². The lowest BCUT2D eigenvalue weighted by atomic mass is 10.1. The second kappa shape index (κ2) is 9.05. The van der Waals surface area contributed by atoms with E-state index in [1.54, 1.807) is 12.1 Å². The fourth-order valence-electron chi connectivity index (χ4n) is 2.82. The van der Waals surface area contributed by atoms with E-state index in [4.69, 9.17) is 9.47 Å². The van der Waals surface area contributed by atoms with Gasteiger partial charge < -0.3 is 14.8 Å². The molecule has 0 aromatic heterocycles. The molecule has 2 aromatic rings. The number of benzene rings is 2. The van der Waals surface area contributed by atoms with Crippen molar-refractivity contribution in [3.05, 3.63) is 59.9 Å². The third-order valence-corrected chi connectivity index (χ3v) is 5.35. The van der Waals surface area contributed by atoms with E-state index in [1.165, 1.54) is 23.9 Å². The zero-order chi connectivity index (χ0) is 18.4. The molecule has 1 N–H and O–H groups in total. The molecule has 1 amide bonds. The summed E-state index contributed by atoms with van der Waals surface area (Å²) in [7, 11) is 0. The van der Waals surface area contributed by atoms with Gasteiger partial charge in [0.15, 0.2) is 0 Å². The van der Waals surface area contributed by atoms with Gasteiger partial charge in [0, 0.05) is 17.4 Å². The predicted molar refractivity (Wildman–Crippen MR) is 100 cm³/mol. The summed E-state index contributed by atoms with van der Waals surface area (Å²) < 4.78 is 24.7. The molecule has 1 fully saturated rings. The Labute approximate surface area is 157 Å².